The van der Waals surface area contributed by atoms with Crippen molar-refractivity contribution < 1.29 is 50.4 Å². The van der Waals surface area contributed by atoms with E-state index in [2.05, 4.69) is 0 Å². The van der Waals surface area contributed by atoms with Gasteiger partial charge in [0.1, 0.15) is 6.10 Å². The average molecular weight is 826 g/mol. The second-order valence-corrected chi connectivity index (χ2v) is 16.4. The number of cyclic esters (lactones) is 1. The van der Waals surface area contributed by atoms with Crippen LogP contribution in [0.3, 0.4) is 0 Å². The smallest absolute Gasteiger partial charge is 0.352 e. The number of allylic oxidation sites excluding steroid dienone is 7. The van der Waals surface area contributed by atoms with Crippen molar-refractivity contribution in [2.45, 2.75) is 140 Å². The monoisotopic (exact) mass is 825 g/mol. The third-order valence-electron chi connectivity index (χ3n) is 11.0. The molecule has 2 aliphatic heterocycles. The second-order valence-electron chi connectivity index (χ2n) is 16.4. The van der Waals surface area contributed by atoms with Crippen molar-refractivity contribution in [3.8, 4) is 5.69 Å². The Morgan fingerprint density at radius 2 is 1.14 bits per heavy atom. The van der Waals surface area contributed by atoms with Crippen LogP contribution in [0.2, 0.25) is 0 Å². The zero-order valence-electron chi connectivity index (χ0n) is 34.2. The number of ether oxygens (including phenoxy) is 1. The van der Waals surface area contributed by atoms with Crippen LogP contribution >= 0.6 is 0 Å². The molecule has 59 heavy (non-hydrogen) atoms. The van der Waals surface area contributed by atoms with Gasteiger partial charge in [0.05, 0.1) is 66.6 Å². The highest BCUT2D eigenvalue weighted by molar-refractivity contribution is 5.82. The number of carbonyl (C=O) groups is 1. The van der Waals surface area contributed by atoms with E-state index in [9.17, 15) is 55.2 Å². The third kappa shape index (κ3) is 13.7. The summed E-state index contributed by atoms with van der Waals surface area (Å²) < 4.78 is 9.36. The summed E-state index contributed by atoms with van der Waals surface area (Å²) in [7, 11) is 0. The van der Waals surface area contributed by atoms with Gasteiger partial charge in [-0.25, -0.2) is 28.3 Å². The summed E-state index contributed by atoms with van der Waals surface area (Å²) in [6, 6.07) is 6.96. The van der Waals surface area contributed by atoms with E-state index in [0.717, 1.165) is 4.57 Å². The number of nitrogens with zero attached hydrogens (tertiary/aromatic N) is 3. The van der Waals surface area contributed by atoms with Gasteiger partial charge in [0.15, 0.2) is 0 Å². The quantitative estimate of drug-likeness (QED) is 0.161. The van der Waals surface area contributed by atoms with Crippen molar-refractivity contribution in [3.05, 3.63) is 112 Å². The Labute approximate surface area is 344 Å². The predicted octanol–water partition coefficient (Wildman–Crippen LogP) is 2.15. The number of rotatable bonds is 2. The van der Waals surface area contributed by atoms with Gasteiger partial charge in [-0.2, -0.15) is 0 Å². The van der Waals surface area contributed by atoms with Gasteiger partial charge in [-0.05, 0) is 56.6 Å². The first-order valence-electron chi connectivity index (χ1n) is 20.5. The molecule has 15 nitrogen and oxygen atoms in total. The molecule has 0 aliphatic carbocycles. The van der Waals surface area contributed by atoms with Crippen LogP contribution in [-0.4, -0.2) is 116 Å². The maximum absolute atomic E-state index is 13.9. The number of fused-ring (bicyclic) bond motifs is 5. The molecule has 2 aliphatic rings. The van der Waals surface area contributed by atoms with Crippen molar-refractivity contribution in [1.82, 2.24) is 13.9 Å². The highest BCUT2D eigenvalue weighted by Crippen LogP contribution is 2.28. The molecule has 4 rings (SSSR count). The number of benzene rings is 1. The van der Waals surface area contributed by atoms with Crippen molar-refractivity contribution in [2.24, 2.45) is 17.8 Å². The minimum Gasteiger partial charge on any atom is -0.458 e. The van der Waals surface area contributed by atoms with Gasteiger partial charge >= 0.3 is 17.3 Å². The van der Waals surface area contributed by atoms with Crippen LogP contribution in [0.1, 0.15) is 84.7 Å². The highest BCUT2D eigenvalue weighted by Gasteiger charge is 2.33. The van der Waals surface area contributed by atoms with Gasteiger partial charge in [0.2, 0.25) is 0 Å². The zero-order chi connectivity index (χ0) is 43.4. The van der Waals surface area contributed by atoms with Crippen molar-refractivity contribution in [3.63, 3.8) is 0 Å². The standard InChI is InChI=1S/C44H63N3O12/c1-27(2)42-28(3)16-19-33(48)21-34(49)22-35(50)23-36(51)24-37(52)25-38(53)26-40(55)29(4)39(54)20-32-18-17-31(14-8-5-6-11-15-41(56)59-42)46-43(57)45(44(58)47(32)46)30-12-9-7-10-13-30/h5-19,27-29,31-40,42,48-55H,20-26H2,1-4H3/b6-5+,14-8+,15-11+,19-16+/t28-,29-,31?,32?,33-,34-,35+,36-,37+,38+,39-,40+,42-/m0/s1. The third-order valence-corrected chi connectivity index (χ3v) is 11.0. The molecule has 0 saturated heterocycles. The van der Waals surface area contributed by atoms with Crippen LogP contribution in [-0.2, 0) is 9.53 Å². The molecular formula is C44H63N3O12. The number of hydrogen-bond acceptors (Lipinski definition) is 12. The van der Waals surface area contributed by atoms with Crippen LogP contribution in [0.25, 0.3) is 5.69 Å². The maximum atomic E-state index is 13.9. The number of hydrogen-bond donors (Lipinski definition) is 8. The number of aliphatic hydroxyl groups excluding tert-OH is 8. The van der Waals surface area contributed by atoms with E-state index in [1.54, 1.807) is 79.8 Å². The Balaban J connectivity index is 1.61. The lowest BCUT2D eigenvalue weighted by molar-refractivity contribution is -0.147. The van der Waals surface area contributed by atoms with Gasteiger partial charge in [-0.3, -0.25) is 0 Å². The van der Waals surface area contributed by atoms with Gasteiger partial charge in [-0.15, -0.1) is 0 Å². The molecule has 2 bridgehead atoms. The largest absolute Gasteiger partial charge is 0.458 e. The van der Waals surface area contributed by atoms with Crippen molar-refractivity contribution in [1.29, 1.82) is 0 Å². The van der Waals surface area contributed by atoms with Gasteiger partial charge < -0.3 is 45.6 Å². The Kier molecular flexibility index (Phi) is 18.0. The van der Waals surface area contributed by atoms with Crippen LogP contribution in [0.5, 0.6) is 0 Å². The predicted molar refractivity (Wildman–Crippen MR) is 221 cm³/mol. The first kappa shape index (κ1) is 47.5. The van der Waals surface area contributed by atoms with Crippen molar-refractivity contribution in [2.75, 3.05) is 0 Å². The zero-order valence-corrected chi connectivity index (χ0v) is 34.2. The summed E-state index contributed by atoms with van der Waals surface area (Å²) in [5.41, 5.74) is -0.868. The Morgan fingerprint density at radius 3 is 1.75 bits per heavy atom. The van der Waals surface area contributed by atoms with E-state index in [1.165, 1.54) is 27.6 Å². The summed E-state index contributed by atoms with van der Waals surface area (Å²) in [5, 5.41) is 85.7. The Hall–Kier alpha value is -4.19. The van der Waals surface area contributed by atoms with E-state index in [4.69, 9.17) is 4.74 Å². The summed E-state index contributed by atoms with van der Waals surface area (Å²) >= 11 is 0. The highest BCUT2D eigenvalue weighted by atomic mass is 16.5. The van der Waals surface area contributed by atoms with E-state index in [1.807, 2.05) is 20.8 Å². The molecule has 8 N–H and O–H groups in total. The molecule has 0 amide bonds. The fourth-order valence-corrected chi connectivity index (χ4v) is 7.76. The lowest BCUT2D eigenvalue weighted by atomic mass is 9.88. The van der Waals surface area contributed by atoms with E-state index in [0.29, 0.717) is 5.69 Å². The first-order valence-corrected chi connectivity index (χ1v) is 20.5. The molecule has 2 unspecified atom stereocenters. The molecule has 13 atom stereocenters. The minimum atomic E-state index is -1.22. The maximum Gasteiger partial charge on any atom is 0.352 e. The first-order chi connectivity index (χ1) is 28.0. The van der Waals surface area contributed by atoms with E-state index < -0.39 is 90.3 Å². The summed E-state index contributed by atoms with van der Waals surface area (Å²) in [6.45, 7) is 7.22. The summed E-state index contributed by atoms with van der Waals surface area (Å²) in [5.74, 6) is -1.75. The van der Waals surface area contributed by atoms with Crippen LogP contribution < -0.4 is 11.4 Å². The molecular weight excluding hydrogens is 762 g/mol. The number of esters is 1. The second kappa shape index (κ2) is 22.4. The molecule has 2 aromatic rings. The molecule has 1 aromatic heterocycles. The normalized spacial score (nSPS) is 36.1. The van der Waals surface area contributed by atoms with Crippen LogP contribution in [0.4, 0.5) is 0 Å². The van der Waals surface area contributed by atoms with Crippen molar-refractivity contribution >= 4 is 5.97 Å². The van der Waals surface area contributed by atoms with E-state index in [-0.39, 0.29) is 56.8 Å². The average Bonchev–Trinajstić information content (AvgIpc) is 3.43. The summed E-state index contributed by atoms with van der Waals surface area (Å²) in [6.07, 6.45) is 5.10. The van der Waals surface area contributed by atoms with Gasteiger partial charge in [0, 0.05) is 24.3 Å². The Bertz CT molecular complexity index is 1900. The molecule has 3 heterocycles. The van der Waals surface area contributed by atoms with E-state index >= 15 is 0 Å². The summed E-state index contributed by atoms with van der Waals surface area (Å²) in [4.78, 5) is 40.6. The molecule has 1 aromatic carbocycles. The minimum absolute atomic E-state index is 0.0578. The molecule has 326 valence electrons. The van der Waals surface area contributed by atoms with Crippen LogP contribution in [0, 0.1) is 17.8 Å². The molecule has 0 saturated carbocycles. The van der Waals surface area contributed by atoms with Gasteiger partial charge in [0.25, 0.3) is 0 Å². The number of para-hydroxylation sites is 1. The van der Waals surface area contributed by atoms with Crippen LogP contribution in [0.15, 0.2) is 101 Å². The lowest BCUT2D eigenvalue weighted by Crippen LogP contribution is -2.39. The molecule has 0 spiro atoms. The fraction of sp³-hybridized carbons (Fsp3) is 0.568. The molecule has 0 fully saturated rings. The molecule has 15 heteroatoms. The van der Waals surface area contributed by atoms with Gasteiger partial charge in [-0.1, -0.05) is 101 Å². The SMILES string of the molecule is CC(C)[C@@H]1OC(=O)/C=C/C=C/C=C/C2C=CC(C[C@H](O)[C@H](C)[C@H](O)C[C@H](O)C[C@H](O)C[C@@H](O)C[C@H](O)C[C@@H](O)C[C@@H](O)/C=C/[C@@H]1C)n1c(=O)n(-c3ccccc3)c(=O)n12. The Morgan fingerprint density at radius 1 is 0.593 bits per heavy atom. The molecule has 0 radical (unpaired) electrons. The number of aromatic nitrogens is 3. The lowest BCUT2D eigenvalue weighted by Gasteiger charge is -2.31. The number of aliphatic hydroxyl groups is 8. The number of carbonyl (C=O) groups excluding carboxylic acids is 1. The fourth-order valence-electron chi connectivity index (χ4n) is 7.76. The topological polar surface area (TPSA) is 237 Å².